The van der Waals surface area contributed by atoms with Crippen molar-refractivity contribution in [1.29, 1.82) is 0 Å². The van der Waals surface area contributed by atoms with E-state index in [0.29, 0.717) is 19.4 Å². The molecule has 4 heterocycles. The number of carbonyl (C=O) groups is 3. The molecule has 3 atom stereocenters. The third-order valence-electron chi connectivity index (χ3n) is 9.58. The van der Waals surface area contributed by atoms with Gasteiger partial charge in [-0.3, -0.25) is 14.4 Å². The largest absolute Gasteiger partial charge is 0.356 e. The van der Waals surface area contributed by atoms with Crippen molar-refractivity contribution in [2.45, 2.75) is 83.2 Å². The van der Waals surface area contributed by atoms with Crippen LogP contribution in [-0.4, -0.2) is 57.7 Å². The number of nitrogens with zero attached hydrogens (tertiary/aromatic N) is 2. The van der Waals surface area contributed by atoms with E-state index >= 15 is 0 Å². The Morgan fingerprint density at radius 3 is 2.43 bits per heavy atom. The molecule has 2 aromatic carbocycles. The van der Waals surface area contributed by atoms with E-state index in [0.717, 1.165) is 56.4 Å². The fourth-order valence-electron chi connectivity index (χ4n) is 7.77. The van der Waals surface area contributed by atoms with Crippen LogP contribution in [0.1, 0.15) is 76.1 Å². The number of carbonyl (C=O) groups excluding carboxylic acids is 3. The van der Waals surface area contributed by atoms with E-state index in [2.05, 4.69) is 40.6 Å². The number of aromatic amines is 1. The van der Waals surface area contributed by atoms with E-state index < -0.39 is 17.4 Å². The molecule has 42 heavy (non-hydrogen) atoms. The van der Waals surface area contributed by atoms with Gasteiger partial charge in [0.2, 0.25) is 17.7 Å². The smallest absolute Gasteiger partial charge is 0.228 e. The summed E-state index contributed by atoms with van der Waals surface area (Å²) in [6, 6.07) is 18.7. The van der Waals surface area contributed by atoms with Crippen LogP contribution in [0.25, 0.3) is 10.9 Å². The molecule has 0 bridgehead atoms. The van der Waals surface area contributed by atoms with Crippen molar-refractivity contribution in [3.63, 3.8) is 0 Å². The van der Waals surface area contributed by atoms with E-state index in [1.807, 2.05) is 54.8 Å². The SMILES string of the molecule is CC(C)(C)NC(=O)CC1C[C@H](C(=O)N2CCCCC2)[C@@]2(CCc3ccccc3)c3[nH]c4ccccc4c3CCN2C1=O. The summed E-state index contributed by atoms with van der Waals surface area (Å²) in [6.45, 7) is 7.91. The Kier molecular flexibility index (Phi) is 7.62. The van der Waals surface area contributed by atoms with Crippen LogP contribution in [-0.2, 0) is 32.8 Å². The summed E-state index contributed by atoms with van der Waals surface area (Å²) in [6.07, 6.45) is 5.76. The van der Waals surface area contributed by atoms with Crippen LogP contribution in [0.3, 0.4) is 0 Å². The summed E-state index contributed by atoms with van der Waals surface area (Å²) < 4.78 is 0. The number of hydrogen-bond donors (Lipinski definition) is 2. The molecular formula is C35H44N4O3. The quantitative estimate of drug-likeness (QED) is 0.421. The minimum atomic E-state index is -0.801. The number of para-hydroxylation sites is 1. The van der Waals surface area contributed by atoms with Gasteiger partial charge in [0.05, 0.1) is 11.5 Å². The van der Waals surface area contributed by atoms with Gasteiger partial charge in [-0.05, 0) is 82.9 Å². The highest BCUT2D eigenvalue weighted by atomic mass is 16.2. The molecule has 7 heteroatoms. The number of aryl methyl sites for hydroxylation is 1. The number of rotatable bonds is 6. The number of aromatic nitrogens is 1. The second-order valence-electron chi connectivity index (χ2n) is 13.5. The van der Waals surface area contributed by atoms with Crippen molar-refractivity contribution >= 4 is 28.6 Å². The number of fused-ring (bicyclic) bond motifs is 5. The molecule has 2 fully saturated rings. The van der Waals surface area contributed by atoms with Gasteiger partial charge in [0.15, 0.2) is 0 Å². The first-order chi connectivity index (χ1) is 20.2. The summed E-state index contributed by atoms with van der Waals surface area (Å²) >= 11 is 0. The number of hydrogen-bond acceptors (Lipinski definition) is 3. The lowest BCUT2D eigenvalue weighted by molar-refractivity contribution is -0.167. The summed E-state index contributed by atoms with van der Waals surface area (Å²) in [5.74, 6) is -0.962. The Hall–Kier alpha value is -3.61. The van der Waals surface area contributed by atoms with Gasteiger partial charge < -0.3 is 20.1 Å². The van der Waals surface area contributed by atoms with E-state index in [1.54, 1.807) is 0 Å². The number of H-pyrrole nitrogens is 1. The molecule has 1 unspecified atom stereocenters. The highest BCUT2D eigenvalue weighted by Gasteiger charge is 2.59. The van der Waals surface area contributed by atoms with Crippen molar-refractivity contribution in [2.24, 2.45) is 11.8 Å². The van der Waals surface area contributed by atoms with Gasteiger partial charge in [-0.1, -0.05) is 48.5 Å². The predicted molar refractivity (Wildman–Crippen MR) is 165 cm³/mol. The lowest BCUT2D eigenvalue weighted by Crippen LogP contribution is -2.66. The zero-order valence-corrected chi connectivity index (χ0v) is 25.2. The van der Waals surface area contributed by atoms with Gasteiger partial charge in [-0.2, -0.15) is 0 Å². The maximum Gasteiger partial charge on any atom is 0.228 e. The Labute approximate surface area is 249 Å². The molecule has 0 saturated carbocycles. The molecule has 222 valence electrons. The Bertz CT molecular complexity index is 1470. The first kappa shape index (κ1) is 28.5. The van der Waals surface area contributed by atoms with Crippen molar-refractivity contribution in [3.05, 3.63) is 71.4 Å². The van der Waals surface area contributed by atoms with Crippen LogP contribution in [0.4, 0.5) is 0 Å². The second kappa shape index (κ2) is 11.2. The maximum atomic E-state index is 14.7. The lowest BCUT2D eigenvalue weighted by Gasteiger charge is -2.56. The molecular weight excluding hydrogens is 524 g/mol. The summed E-state index contributed by atoms with van der Waals surface area (Å²) in [5, 5.41) is 4.22. The van der Waals surface area contributed by atoms with Gasteiger partial charge in [-0.15, -0.1) is 0 Å². The summed E-state index contributed by atoms with van der Waals surface area (Å²) in [7, 11) is 0. The molecule has 7 nitrogen and oxygen atoms in total. The molecule has 3 aliphatic rings. The van der Waals surface area contributed by atoms with Crippen LogP contribution in [0.15, 0.2) is 54.6 Å². The average Bonchev–Trinajstić information content (AvgIpc) is 3.37. The van der Waals surface area contributed by atoms with E-state index in [-0.39, 0.29) is 29.7 Å². The molecule has 3 aliphatic heterocycles. The number of piperidine rings is 2. The lowest BCUT2D eigenvalue weighted by atomic mass is 9.64. The van der Waals surface area contributed by atoms with Crippen LogP contribution in [0.5, 0.6) is 0 Å². The molecule has 1 aromatic heterocycles. The molecule has 3 aromatic rings. The minimum Gasteiger partial charge on any atom is -0.356 e. The normalized spacial score (nSPS) is 24.3. The van der Waals surface area contributed by atoms with Gasteiger partial charge in [0.25, 0.3) is 0 Å². The Balaban J connectivity index is 1.47. The monoisotopic (exact) mass is 568 g/mol. The molecule has 0 spiro atoms. The van der Waals surface area contributed by atoms with Gasteiger partial charge >= 0.3 is 0 Å². The highest BCUT2D eigenvalue weighted by molar-refractivity contribution is 5.93. The minimum absolute atomic E-state index is 0.000814. The zero-order chi connectivity index (χ0) is 29.5. The molecule has 0 aliphatic carbocycles. The fourth-order valence-corrected chi connectivity index (χ4v) is 7.77. The Morgan fingerprint density at radius 2 is 1.69 bits per heavy atom. The summed E-state index contributed by atoms with van der Waals surface area (Å²) in [5.41, 5.74) is 3.30. The number of nitrogens with one attached hydrogen (secondary N) is 2. The van der Waals surface area contributed by atoms with E-state index in [9.17, 15) is 14.4 Å². The number of likely N-dealkylation sites (tertiary alicyclic amines) is 1. The van der Waals surface area contributed by atoms with Crippen LogP contribution in [0.2, 0.25) is 0 Å². The molecule has 0 radical (unpaired) electrons. The van der Waals surface area contributed by atoms with E-state index in [4.69, 9.17) is 0 Å². The highest BCUT2D eigenvalue weighted by Crippen LogP contribution is 2.53. The van der Waals surface area contributed by atoms with Crippen LogP contribution in [0, 0.1) is 11.8 Å². The fraction of sp³-hybridized carbons (Fsp3) is 0.514. The van der Waals surface area contributed by atoms with Gasteiger partial charge in [0, 0.05) is 54.1 Å². The van der Waals surface area contributed by atoms with Gasteiger partial charge in [0.1, 0.15) is 0 Å². The van der Waals surface area contributed by atoms with Gasteiger partial charge in [-0.25, -0.2) is 0 Å². The van der Waals surface area contributed by atoms with Crippen molar-refractivity contribution < 1.29 is 14.4 Å². The van der Waals surface area contributed by atoms with Crippen LogP contribution >= 0.6 is 0 Å². The molecule has 2 saturated heterocycles. The number of amides is 3. The van der Waals surface area contributed by atoms with Crippen molar-refractivity contribution in [2.75, 3.05) is 19.6 Å². The molecule has 2 N–H and O–H groups in total. The van der Waals surface area contributed by atoms with E-state index in [1.165, 1.54) is 16.5 Å². The second-order valence-corrected chi connectivity index (χ2v) is 13.5. The first-order valence-corrected chi connectivity index (χ1v) is 15.7. The molecule has 3 amide bonds. The number of benzene rings is 2. The first-order valence-electron chi connectivity index (χ1n) is 15.7. The topological polar surface area (TPSA) is 85.5 Å². The average molecular weight is 569 g/mol. The van der Waals surface area contributed by atoms with Crippen LogP contribution < -0.4 is 5.32 Å². The standard InChI is InChI=1S/C35H44N4O3/c1-34(2,3)37-30(40)23-25-22-28(33(42)38-19-10-5-11-20-38)35(18-16-24-12-6-4-7-13-24)31-27(17-21-39(35)32(25)41)26-14-8-9-15-29(26)36-31/h4,6-9,12-15,25,28,36H,5,10-11,16-23H2,1-3H3,(H,37,40)/t25?,28-,35+/m1/s1. The molecule has 6 rings (SSSR count). The predicted octanol–water partition coefficient (Wildman–Crippen LogP) is 5.33. The third kappa shape index (κ3) is 5.23. The zero-order valence-electron chi connectivity index (χ0n) is 25.2. The Morgan fingerprint density at radius 1 is 0.976 bits per heavy atom. The van der Waals surface area contributed by atoms with Crippen molar-refractivity contribution in [1.82, 2.24) is 20.1 Å². The maximum absolute atomic E-state index is 14.7. The summed E-state index contributed by atoms with van der Waals surface area (Å²) in [4.78, 5) is 50.1. The third-order valence-corrected chi connectivity index (χ3v) is 9.58. The van der Waals surface area contributed by atoms with Crippen molar-refractivity contribution in [3.8, 4) is 0 Å².